The number of hydrogen-bond donors (Lipinski definition) is 1. The lowest BCUT2D eigenvalue weighted by Crippen LogP contribution is -2.31. The van der Waals surface area contributed by atoms with Crippen LogP contribution in [0.2, 0.25) is 5.02 Å². The van der Waals surface area contributed by atoms with E-state index in [0.717, 1.165) is 30.8 Å². The van der Waals surface area contributed by atoms with E-state index in [4.69, 9.17) is 11.6 Å². The molecule has 1 unspecified atom stereocenters. The monoisotopic (exact) mass is 301 g/mol. The summed E-state index contributed by atoms with van der Waals surface area (Å²) in [6.45, 7) is 5.31. The van der Waals surface area contributed by atoms with E-state index in [1.54, 1.807) is 0 Å². The molecule has 112 valence electrons. The largest absolute Gasteiger partial charge is 0.314 e. The zero-order chi connectivity index (χ0) is 15.1. The van der Waals surface area contributed by atoms with E-state index in [-0.39, 0.29) is 0 Å². The summed E-state index contributed by atoms with van der Waals surface area (Å²) in [6, 6.07) is 17.5. The van der Waals surface area contributed by atoms with Crippen molar-refractivity contribution in [3.05, 3.63) is 70.2 Å². The Kier molecular flexibility index (Phi) is 6.28. The van der Waals surface area contributed by atoms with Crippen molar-refractivity contribution in [3.63, 3.8) is 0 Å². The zero-order valence-electron chi connectivity index (χ0n) is 12.9. The normalized spacial score (nSPS) is 12.3. The lowest BCUT2D eigenvalue weighted by atomic mass is 9.98. The van der Waals surface area contributed by atoms with E-state index in [9.17, 15) is 0 Å². The third kappa shape index (κ3) is 5.53. The zero-order valence-corrected chi connectivity index (χ0v) is 13.7. The molecule has 1 nitrogen and oxygen atoms in total. The van der Waals surface area contributed by atoms with Crippen molar-refractivity contribution in [1.82, 2.24) is 5.32 Å². The average molecular weight is 302 g/mol. The predicted molar refractivity (Wildman–Crippen MR) is 92.1 cm³/mol. The second-order valence-corrected chi connectivity index (χ2v) is 6.05. The predicted octanol–water partition coefficient (Wildman–Crippen LogP) is 4.80. The van der Waals surface area contributed by atoms with E-state index in [2.05, 4.69) is 55.6 Å². The summed E-state index contributed by atoms with van der Waals surface area (Å²) in [7, 11) is 0. The van der Waals surface area contributed by atoms with Crippen LogP contribution < -0.4 is 5.32 Å². The Balaban J connectivity index is 1.95. The minimum atomic E-state index is 0.494. The molecule has 0 heterocycles. The van der Waals surface area contributed by atoms with Crippen LogP contribution in [-0.4, -0.2) is 12.6 Å². The lowest BCUT2D eigenvalue weighted by molar-refractivity contribution is 0.491. The molecule has 0 amide bonds. The smallest absolute Gasteiger partial charge is 0.0408 e. The van der Waals surface area contributed by atoms with Crippen LogP contribution in [0.25, 0.3) is 0 Å². The van der Waals surface area contributed by atoms with Gasteiger partial charge in [0, 0.05) is 11.1 Å². The summed E-state index contributed by atoms with van der Waals surface area (Å²) >= 11 is 6.08. The fourth-order valence-corrected chi connectivity index (χ4v) is 2.93. The topological polar surface area (TPSA) is 12.0 Å². The molecule has 0 bridgehead atoms. The van der Waals surface area contributed by atoms with Gasteiger partial charge in [-0.25, -0.2) is 0 Å². The van der Waals surface area contributed by atoms with E-state index in [1.165, 1.54) is 16.7 Å². The Morgan fingerprint density at radius 3 is 2.52 bits per heavy atom. The summed E-state index contributed by atoms with van der Waals surface area (Å²) < 4.78 is 0. The van der Waals surface area contributed by atoms with Gasteiger partial charge < -0.3 is 5.32 Å². The Morgan fingerprint density at radius 2 is 1.81 bits per heavy atom. The first kappa shape index (κ1) is 16.1. The molecule has 0 aliphatic heterocycles. The highest BCUT2D eigenvalue weighted by molar-refractivity contribution is 6.30. The van der Waals surface area contributed by atoms with Gasteiger partial charge in [-0.2, -0.15) is 0 Å². The molecule has 2 aromatic rings. The number of likely N-dealkylation sites (N-methyl/N-ethyl adjacent to an activating group) is 1. The maximum Gasteiger partial charge on any atom is 0.0408 e. The van der Waals surface area contributed by atoms with Crippen LogP contribution in [-0.2, 0) is 12.8 Å². The highest BCUT2D eigenvalue weighted by Crippen LogP contribution is 2.15. The second-order valence-electron chi connectivity index (χ2n) is 5.62. The van der Waals surface area contributed by atoms with Gasteiger partial charge in [0.25, 0.3) is 0 Å². The van der Waals surface area contributed by atoms with Crippen LogP contribution in [0.5, 0.6) is 0 Å². The van der Waals surface area contributed by atoms with Crippen LogP contribution >= 0.6 is 11.6 Å². The first-order chi connectivity index (χ1) is 10.2. The average Bonchev–Trinajstić information content (AvgIpc) is 2.45. The van der Waals surface area contributed by atoms with E-state index >= 15 is 0 Å². The third-order valence-corrected chi connectivity index (χ3v) is 3.96. The van der Waals surface area contributed by atoms with Crippen LogP contribution in [0.3, 0.4) is 0 Å². The number of aryl methyl sites for hydroxylation is 2. The quantitative estimate of drug-likeness (QED) is 0.774. The van der Waals surface area contributed by atoms with Crippen LogP contribution in [0, 0.1) is 6.92 Å². The first-order valence-corrected chi connectivity index (χ1v) is 8.08. The summed E-state index contributed by atoms with van der Waals surface area (Å²) in [5.74, 6) is 0. The lowest BCUT2D eigenvalue weighted by Gasteiger charge is -2.18. The second kappa shape index (κ2) is 8.21. The van der Waals surface area contributed by atoms with Crippen LogP contribution in [0.15, 0.2) is 48.5 Å². The first-order valence-electron chi connectivity index (χ1n) is 7.70. The Bertz CT molecular complexity index is 565. The van der Waals surface area contributed by atoms with Crippen molar-refractivity contribution >= 4 is 11.6 Å². The van der Waals surface area contributed by atoms with Crippen LogP contribution in [0.1, 0.15) is 30.0 Å². The van der Waals surface area contributed by atoms with Crippen molar-refractivity contribution < 1.29 is 0 Å². The van der Waals surface area contributed by atoms with E-state index in [1.807, 2.05) is 12.1 Å². The molecule has 0 aliphatic rings. The van der Waals surface area contributed by atoms with Gasteiger partial charge >= 0.3 is 0 Å². The molecule has 0 saturated carbocycles. The third-order valence-electron chi connectivity index (χ3n) is 3.73. The van der Waals surface area contributed by atoms with Gasteiger partial charge in [0.1, 0.15) is 0 Å². The molecule has 0 spiro atoms. The minimum Gasteiger partial charge on any atom is -0.314 e. The maximum absolute atomic E-state index is 6.08. The highest BCUT2D eigenvalue weighted by Gasteiger charge is 2.09. The fraction of sp³-hybridized carbons (Fsp3) is 0.368. The summed E-state index contributed by atoms with van der Waals surface area (Å²) in [6.07, 6.45) is 3.28. The van der Waals surface area contributed by atoms with Crippen molar-refractivity contribution in [3.8, 4) is 0 Å². The van der Waals surface area contributed by atoms with Gasteiger partial charge in [-0.3, -0.25) is 0 Å². The van der Waals surface area contributed by atoms with Crippen molar-refractivity contribution in [2.45, 2.75) is 39.2 Å². The Hall–Kier alpha value is -1.31. The number of nitrogens with one attached hydrogen (secondary N) is 1. The van der Waals surface area contributed by atoms with Crippen molar-refractivity contribution in [2.75, 3.05) is 6.54 Å². The van der Waals surface area contributed by atoms with Gasteiger partial charge in [-0.05, 0) is 56.0 Å². The van der Waals surface area contributed by atoms with Crippen molar-refractivity contribution in [1.29, 1.82) is 0 Å². The molecule has 2 heteroatoms. The standard InChI is InChI=1S/C19H24ClN/c1-3-21-19(14-17-8-5-9-18(20)13-17)11-10-16-7-4-6-15(2)12-16/h4-9,12-13,19,21H,3,10-11,14H2,1-2H3. The Morgan fingerprint density at radius 1 is 1.05 bits per heavy atom. The fourth-order valence-electron chi connectivity index (χ4n) is 2.72. The Labute approximate surface area is 133 Å². The number of rotatable bonds is 7. The number of benzene rings is 2. The van der Waals surface area contributed by atoms with Gasteiger partial charge in [-0.15, -0.1) is 0 Å². The molecule has 0 saturated heterocycles. The van der Waals surface area contributed by atoms with Gasteiger partial charge in [-0.1, -0.05) is 60.5 Å². The molecule has 2 rings (SSSR count). The summed E-state index contributed by atoms with van der Waals surface area (Å²) in [5, 5.41) is 4.41. The SMILES string of the molecule is CCNC(CCc1cccc(C)c1)Cc1cccc(Cl)c1. The molecule has 0 fully saturated rings. The van der Waals surface area contributed by atoms with E-state index < -0.39 is 0 Å². The number of hydrogen-bond acceptors (Lipinski definition) is 1. The molecule has 2 aromatic carbocycles. The minimum absolute atomic E-state index is 0.494. The molecular formula is C19H24ClN. The molecule has 0 aromatic heterocycles. The van der Waals surface area contributed by atoms with Crippen molar-refractivity contribution in [2.24, 2.45) is 0 Å². The van der Waals surface area contributed by atoms with Crippen LogP contribution in [0.4, 0.5) is 0 Å². The molecule has 1 atom stereocenters. The molecule has 1 N–H and O–H groups in total. The number of halogens is 1. The highest BCUT2D eigenvalue weighted by atomic mass is 35.5. The molecular weight excluding hydrogens is 278 g/mol. The summed E-state index contributed by atoms with van der Waals surface area (Å²) in [5.41, 5.74) is 4.06. The van der Waals surface area contributed by atoms with Gasteiger partial charge in [0.05, 0.1) is 0 Å². The summed E-state index contributed by atoms with van der Waals surface area (Å²) in [4.78, 5) is 0. The maximum atomic E-state index is 6.08. The molecule has 0 aliphatic carbocycles. The molecule has 0 radical (unpaired) electrons. The molecule has 21 heavy (non-hydrogen) atoms. The van der Waals surface area contributed by atoms with Gasteiger partial charge in [0.15, 0.2) is 0 Å². The van der Waals surface area contributed by atoms with Gasteiger partial charge in [0.2, 0.25) is 0 Å². The van der Waals surface area contributed by atoms with E-state index in [0.29, 0.717) is 6.04 Å².